The summed E-state index contributed by atoms with van der Waals surface area (Å²) in [5.41, 5.74) is 1.62. The first-order valence-corrected chi connectivity index (χ1v) is 9.73. The van der Waals surface area contributed by atoms with Crippen LogP contribution in [0, 0.1) is 5.82 Å². The molecule has 3 rings (SSSR count). The van der Waals surface area contributed by atoms with E-state index in [9.17, 15) is 14.0 Å². The first-order valence-electron chi connectivity index (χ1n) is 9.36. The van der Waals surface area contributed by atoms with Crippen LogP contribution >= 0.6 is 11.6 Å². The topological polar surface area (TPSA) is 61.4 Å². The Balaban J connectivity index is 1.68. The van der Waals surface area contributed by atoms with Gasteiger partial charge in [-0.05, 0) is 68.7 Å². The third-order valence-corrected chi connectivity index (χ3v) is 5.01. The van der Waals surface area contributed by atoms with Crippen molar-refractivity contribution in [1.82, 2.24) is 5.32 Å². The lowest BCUT2D eigenvalue weighted by molar-refractivity contribution is -0.117. The van der Waals surface area contributed by atoms with Gasteiger partial charge in [0.05, 0.1) is 11.4 Å². The van der Waals surface area contributed by atoms with Crippen molar-refractivity contribution >= 4 is 34.8 Å². The number of halogens is 2. The van der Waals surface area contributed by atoms with Crippen LogP contribution in [0.1, 0.15) is 36.5 Å². The number of carbonyl (C=O) groups is 2. The van der Waals surface area contributed by atoms with Crippen molar-refractivity contribution in [2.75, 3.05) is 23.3 Å². The van der Waals surface area contributed by atoms with Crippen molar-refractivity contribution in [3.8, 4) is 0 Å². The van der Waals surface area contributed by atoms with E-state index in [0.29, 0.717) is 16.3 Å². The largest absolute Gasteiger partial charge is 0.370 e. The highest BCUT2D eigenvalue weighted by molar-refractivity contribution is 6.30. The van der Waals surface area contributed by atoms with E-state index in [0.717, 1.165) is 31.6 Å². The zero-order chi connectivity index (χ0) is 20.1. The Morgan fingerprint density at radius 3 is 2.43 bits per heavy atom. The van der Waals surface area contributed by atoms with Gasteiger partial charge >= 0.3 is 0 Å². The molecular formula is C21H23ClFN3O2. The maximum absolute atomic E-state index is 13.8. The highest BCUT2D eigenvalue weighted by Crippen LogP contribution is 2.29. The van der Waals surface area contributed by atoms with Gasteiger partial charge in [-0.3, -0.25) is 9.59 Å². The maximum Gasteiger partial charge on any atom is 0.251 e. The highest BCUT2D eigenvalue weighted by atomic mass is 35.5. The van der Waals surface area contributed by atoms with Gasteiger partial charge in [-0.2, -0.15) is 0 Å². The van der Waals surface area contributed by atoms with E-state index in [1.165, 1.54) is 18.6 Å². The molecule has 2 aromatic rings. The van der Waals surface area contributed by atoms with Gasteiger partial charge in [0.2, 0.25) is 5.91 Å². The van der Waals surface area contributed by atoms with Crippen LogP contribution in [0.2, 0.25) is 5.02 Å². The lowest BCUT2D eigenvalue weighted by Crippen LogP contribution is -2.42. The lowest BCUT2D eigenvalue weighted by atomic mass is 10.1. The van der Waals surface area contributed by atoms with E-state index in [2.05, 4.69) is 15.5 Å². The molecule has 28 heavy (non-hydrogen) atoms. The van der Waals surface area contributed by atoms with E-state index >= 15 is 0 Å². The molecule has 0 radical (unpaired) electrons. The second kappa shape index (κ2) is 9.06. The molecule has 5 nitrogen and oxygen atoms in total. The van der Waals surface area contributed by atoms with E-state index in [1.54, 1.807) is 37.3 Å². The number of anilines is 2. The molecule has 0 aliphatic carbocycles. The molecule has 1 aliphatic rings. The predicted octanol–water partition coefficient (Wildman–Crippen LogP) is 4.23. The Morgan fingerprint density at radius 1 is 1.07 bits per heavy atom. The molecule has 0 aromatic heterocycles. The average Bonchev–Trinajstić information content (AvgIpc) is 2.69. The number of carbonyl (C=O) groups excluding carboxylic acids is 2. The molecule has 1 atom stereocenters. The molecule has 7 heteroatoms. The Kier molecular flexibility index (Phi) is 6.52. The molecule has 1 fully saturated rings. The van der Waals surface area contributed by atoms with Crippen molar-refractivity contribution in [3.63, 3.8) is 0 Å². The Morgan fingerprint density at radius 2 is 1.75 bits per heavy atom. The zero-order valence-electron chi connectivity index (χ0n) is 15.7. The van der Waals surface area contributed by atoms with Gasteiger partial charge in [0.1, 0.15) is 11.9 Å². The lowest BCUT2D eigenvalue weighted by Gasteiger charge is -2.30. The average molecular weight is 404 g/mol. The van der Waals surface area contributed by atoms with Gasteiger partial charge in [0.25, 0.3) is 5.91 Å². The van der Waals surface area contributed by atoms with E-state index in [1.807, 2.05) is 0 Å². The molecule has 0 spiro atoms. The Labute approximate surface area is 168 Å². The van der Waals surface area contributed by atoms with Crippen LogP contribution in [0.3, 0.4) is 0 Å². The first kappa shape index (κ1) is 20.1. The number of rotatable bonds is 5. The van der Waals surface area contributed by atoms with Crippen molar-refractivity contribution in [2.24, 2.45) is 0 Å². The van der Waals surface area contributed by atoms with Crippen molar-refractivity contribution in [1.29, 1.82) is 0 Å². The van der Waals surface area contributed by atoms with Gasteiger partial charge in [0.15, 0.2) is 0 Å². The number of benzene rings is 2. The Bertz CT molecular complexity index is 851. The highest BCUT2D eigenvalue weighted by Gasteiger charge is 2.20. The molecule has 1 unspecified atom stereocenters. The minimum atomic E-state index is -0.791. The fourth-order valence-electron chi connectivity index (χ4n) is 3.21. The van der Waals surface area contributed by atoms with Crippen molar-refractivity contribution < 1.29 is 14.0 Å². The molecule has 148 valence electrons. The number of nitrogens with one attached hydrogen (secondary N) is 2. The second-order valence-electron chi connectivity index (χ2n) is 6.90. The number of amides is 2. The van der Waals surface area contributed by atoms with Gasteiger partial charge in [-0.15, -0.1) is 0 Å². The molecule has 1 saturated heterocycles. The van der Waals surface area contributed by atoms with Crippen LogP contribution in [0.15, 0.2) is 42.5 Å². The SMILES string of the molecule is CC(NC(=O)c1ccc(Cl)cc1)C(=O)Nc1cc(F)ccc1N1CCCCC1. The maximum atomic E-state index is 13.8. The summed E-state index contributed by atoms with van der Waals surface area (Å²) in [6.45, 7) is 3.33. The number of nitrogens with zero attached hydrogens (tertiary/aromatic N) is 1. The van der Waals surface area contributed by atoms with Gasteiger partial charge in [-0.25, -0.2) is 4.39 Å². The summed E-state index contributed by atoms with van der Waals surface area (Å²) in [6.07, 6.45) is 3.31. The minimum absolute atomic E-state index is 0.380. The van der Waals surface area contributed by atoms with Gasteiger partial charge in [-0.1, -0.05) is 11.6 Å². The summed E-state index contributed by atoms with van der Waals surface area (Å²) in [5.74, 6) is -1.21. The summed E-state index contributed by atoms with van der Waals surface area (Å²) in [6, 6.07) is 10.00. The number of hydrogen-bond acceptors (Lipinski definition) is 3. The summed E-state index contributed by atoms with van der Waals surface area (Å²) in [5, 5.41) is 5.93. The third-order valence-electron chi connectivity index (χ3n) is 4.76. The van der Waals surface area contributed by atoms with Gasteiger partial charge in [0, 0.05) is 23.7 Å². The number of hydrogen-bond donors (Lipinski definition) is 2. The molecule has 2 N–H and O–H groups in total. The van der Waals surface area contributed by atoms with Crippen molar-refractivity contribution in [3.05, 3.63) is 58.9 Å². The summed E-state index contributed by atoms with van der Waals surface area (Å²) in [7, 11) is 0. The monoisotopic (exact) mass is 403 g/mol. The van der Waals surface area contributed by atoms with Crippen LogP contribution < -0.4 is 15.5 Å². The molecule has 0 bridgehead atoms. The molecule has 2 amide bonds. The summed E-state index contributed by atoms with van der Waals surface area (Å²) in [4.78, 5) is 27.0. The third kappa shape index (κ3) is 5.01. The first-order chi connectivity index (χ1) is 13.4. The smallest absolute Gasteiger partial charge is 0.251 e. The fraction of sp³-hybridized carbons (Fsp3) is 0.333. The van der Waals surface area contributed by atoms with Crippen LogP contribution in [0.4, 0.5) is 15.8 Å². The van der Waals surface area contributed by atoms with E-state index < -0.39 is 17.8 Å². The molecule has 1 heterocycles. The molecule has 0 saturated carbocycles. The van der Waals surface area contributed by atoms with E-state index in [-0.39, 0.29) is 5.91 Å². The quantitative estimate of drug-likeness (QED) is 0.785. The molecule has 1 aliphatic heterocycles. The second-order valence-corrected chi connectivity index (χ2v) is 7.34. The van der Waals surface area contributed by atoms with Gasteiger partial charge < -0.3 is 15.5 Å². The van der Waals surface area contributed by atoms with Crippen LogP contribution in [-0.4, -0.2) is 30.9 Å². The summed E-state index contributed by atoms with van der Waals surface area (Å²) >= 11 is 5.82. The standard InChI is InChI=1S/C21H23ClFN3O2/c1-14(24-21(28)15-5-7-16(22)8-6-15)20(27)25-18-13-17(23)9-10-19(18)26-11-3-2-4-12-26/h5-10,13-14H,2-4,11-12H2,1H3,(H,24,28)(H,25,27). The minimum Gasteiger partial charge on any atom is -0.370 e. The molecule has 2 aromatic carbocycles. The van der Waals surface area contributed by atoms with Crippen LogP contribution in [0.25, 0.3) is 0 Å². The van der Waals surface area contributed by atoms with Crippen molar-refractivity contribution in [2.45, 2.75) is 32.2 Å². The Hall–Kier alpha value is -2.60. The summed E-state index contributed by atoms with van der Waals surface area (Å²) < 4.78 is 13.8. The normalized spacial score (nSPS) is 15.0. The van der Waals surface area contributed by atoms with Crippen LogP contribution in [-0.2, 0) is 4.79 Å². The van der Waals surface area contributed by atoms with Crippen LogP contribution in [0.5, 0.6) is 0 Å². The zero-order valence-corrected chi connectivity index (χ0v) is 16.4. The van der Waals surface area contributed by atoms with E-state index in [4.69, 9.17) is 11.6 Å². The number of piperidine rings is 1. The predicted molar refractivity (Wildman–Crippen MR) is 109 cm³/mol. The fourth-order valence-corrected chi connectivity index (χ4v) is 3.33. The molecular weight excluding hydrogens is 381 g/mol.